The quantitative estimate of drug-likeness (QED) is 0.0374. The van der Waals surface area contributed by atoms with Crippen LogP contribution in [-0.2, 0) is 19.1 Å². The van der Waals surface area contributed by atoms with Crippen molar-refractivity contribution in [2.45, 2.75) is 341 Å². The van der Waals surface area contributed by atoms with Crippen molar-refractivity contribution in [3.63, 3.8) is 0 Å². The Morgan fingerprint density at radius 2 is 0.606 bits per heavy atom. The fraction of sp³-hybridized carbons (Fsp3) is 0.902. The molecule has 0 spiro atoms. The van der Waals surface area contributed by atoms with Crippen molar-refractivity contribution < 1.29 is 24.2 Å². The molecule has 5 nitrogen and oxygen atoms in total. The maximum Gasteiger partial charge on any atom is 0.306 e. The van der Waals surface area contributed by atoms with Gasteiger partial charge in [0, 0.05) is 12.8 Å². The average molecular weight is 930 g/mol. The van der Waals surface area contributed by atoms with Crippen LogP contribution in [0.1, 0.15) is 335 Å². The Morgan fingerprint density at radius 1 is 0.348 bits per heavy atom. The molecule has 0 aromatic rings. The third-order valence-corrected chi connectivity index (χ3v) is 13.7. The number of allylic oxidation sites excluding steroid dienone is 4. The van der Waals surface area contributed by atoms with Crippen LogP contribution in [0.25, 0.3) is 0 Å². The lowest BCUT2D eigenvalue weighted by Gasteiger charge is -2.15. The Morgan fingerprint density at radius 3 is 0.894 bits per heavy atom. The third-order valence-electron chi connectivity index (χ3n) is 13.7. The lowest BCUT2D eigenvalue weighted by atomic mass is 10.0. The summed E-state index contributed by atoms with van der Waals surface area (Å²) in [4.78, 5) is 24.5. The van der Waals surface area contributed by atoms with E-state index < -0.39 is 6.10 Å². The highest BCUT2D eigenvalue weighted by Crippen LogP contribution is 2.18. The van der Waals surface area contributed by atoms with Gasteiger partial charge in [0.25, 0.3) is 0 Å². The normalized spacial score (nSPS) is 12.2. The summed E-state index contributed by atoms with van der Waals surface area (Å²) in [5.74, 6) is -0.570. The average Bonchev–Trinajstić information content (AvgIpc) is 3.32. The molecule has 0 amide bonds. The van der Waals surface area contributed by atoms with E-state index in [1.165, 1.54) is 270 Å². The summed E-state index contributed by atoms with van der Waals surface area (Å²) < 4.78 is 10.7. The number of ether oxygens (including phenoxy) is 2. The van der Waals surface area contributed by atoms with Crippen molar-refractivity contribution in [1.82, 2.24) is 0 Å². The van der Waals surface area contributed by atoms with E-state index >= 15 is 0 Å². The van der Waals surface area contributed by atoms with Crippen molar-refractivity contribution >= 4 is 11.9 Å². The number of unbranched alkanes of at least 4 members (excludes halogenated alkanes) is 44. The van der Waals surface area contributed by atoms with Gasteiger partial charge in [0.15, 0.2) is 6.10 Å². The van der Waals surface area contributed by atoms with Crippen LogP contribution in [0.15, 0.2) is 24.3 Å². The molecule has 0 aromatic carbocycles. The van der Waals surface area contributed by atoms with Gasteiger partial charge < -0.3 is 14.6 Å². The van der Waals surface area contributed by atoms with E-state index in [-0.39, 0.29) is 25.2 Å². The zero-order chi connectivity index (χ0) is 47.7. The van der Waals surface area contributed by atoms with E-state index in [0.717, 1.165) is 38.5 Å². The van der Waals surface area contributed by atoms with E-state index in [1.807, 2.05) is 0 Å². The molecule has 0 aliphatic rings. The molecule has 0 fully saturated rings. The van der Waals surface area contributed by atoms with Gasteiger partial charge in [-0.25, -0.2) is 0 Å². The predicted molar refractivity (Wildman–Crippen MR) is 288 cm³/mol. The zero-order valence-corrected chi connectivity index (χ0v) is 44.7. The van der Waals surface area contributed by atoms with Crippen LogP contribution in [0.3, 0.4) is 0 Å². The zero-order valence-electron chi connectivity index (χ0n) is 44.7. The Bertz CT molecular complexity index is 1010. The molecule has 1 N–H and O–H groups in total. The van der Waals surface area contributed by atoms with Gasteiger partial charge in [-0.2, -0.15) is 0 Å². The second-order valence-electron chi connectivity index (χ2n) is 20.4. The standard InChI is InChI=1S/C61H116O5/c1-3-5-7-9-11-13-15-17-19-21-23-25-27-29-30-32-33-35-37-39-41-43-45-47-49-51-53-55-60(63)65-58-59(57-62)66-61(64)56-54-52-50-48-46-44-42-40-38-36-34-31-28-26-24-22-20-18-16-14-12-10-8-6-4-2/h16,18,22,24,59,62H,3-15,17,19-21,23,25-58H2,1-2H3/b18-16-,24-22-. The molecule has 0 aromatic heterocycles. The van der Waals surface area contributed by atoms with Crippen molar-refractivity contribution in [2.24, 2.45) is 0 Å². The molecule has 0 saturated carbocycles. The highest BCUT2D eigenvalue weighted by molar-refractivity contribution is 5.70. The molecular formula is C61H116O5. The Labute approximate surface area is 413 Å². The van der Waals surface area contributed by atoms with Crippen molar-refractivity contribution in [3.05, 3.63) is 24.3 Å². The summed E-state index contributed by atoms with van der Waals surface area (Å²) in [6, 6.07) is 0. The Balaban J connectivity index is 3.41. The fourth-order valence-electron chi connectivity index (χ4n) is 9.24. The lowest BCUT2D eigenvalue weighted by molar-refractivity contribution is -0.161. The van der Waals surface area contributed by atoms with Gasteiger partial charge in [-0.1, -0.05) is 301 Å². The molecule has 1 unspecified atom stereocenters. The first kappa shape index (κ1) is 64.4. The van der Waals surface area contributed by atoms with E-state index in [0.29, 0.717) is 12.8 Å². The van der Waals surface area contributed by atoms with Crippen molar-refractivity contribution in [2.75, 3.05) is 13.2 Å². The van der Waals surface area contributed by atoms with Crippen molar-refractivity contribution in [1.29, 1.82) is 0 Å². The summed E-state index contributed by atoms with van der Waals surface area (Å²) >= 11 is 0. The first-order valence-corrected chi connectivity index (χ1v) is 29.9. The Kier molecular flexibility index (Phi) is 56.3. The van der Waals surface area contributed by atoms with E-state index in [4.69, 9.17) is 9.47 Å². The number of aliphatic hydroxyl groups excluding tert-OH is 1. The molecule has 0 saturated heterocycles. The minimum atomic E-state index is -0.769. The van der Waals surface area contributed by atoms with E-state index in [2.05, 4.69) is 38.2 Å². The molecule has 66 heavy (non-hydrogen) atoms. The number of hydrogen-bond acceptors (Lipinski definition) is 5. The van der Waals surface area contributed by atoms with Gasteiger partial charge in [-0.15, -0.1) is 0 Å². The molecule has 1 atom stereocenters. The maximum atomic E-state index is 12.3. The SMILES string of the molecule is CCCCCCC/C=C\C/C=C\CCCCCCCCCCCCCCCC(=O)OC(CO)COC(=O)CCCCCCCCCCCCCCCCCCCCCCCCCCCCC. The number of hydrogen-bond donors (Lipinski definition) is 1. The smallest absolute Gasteiger partial charge is 0.306 e. The molecule has 0 bridgehead atoms. The van der Waals surface area contributed by atoms with Crippen LogP contribution in [0.5, 0.6) is 0 Å². The summed E-state index contributed by atoms with van der Waals surface area (Å²) in [5.41, 5.74) is 0. The molecule has 0 aliphatic carbocycles. The van der Waals surface area contributed by atoms with Crippen LogP contribution in [0.2, 0.25) is 0 Å². The second-order valence-corrected chi connectivity index (χ2v) is 20.4. The third kappa shape index (κ3) is 55.0. The minimum absolute atomic E-state index is 0.0597. The maximum absolute atomic E-state index is 12.3. The molecule has 0 rings (SSSR count). The first-order chi connectivity index (χ1) is 32.6. The van der Waals surface area contributed by atoms with E-state index in [1.54, 1.807) is 0 Å². The molecule has 5 heteroatoms. The van der Waals surface area contributed by atoms with Gasteiger partial charge in [0.2, 0.25) is 0 Å². The Hall–Kier alpha value is -1.62. The number of aliphatic hydroxyl groups is 1. The predicted octanol–water partition coefficient (Wildman–Crippen LogP) is 20.1. The summed E-state index contributed by atoms with van der Waals surface area (Å²) in [6.07, 6.45) is 73.1. The molecule has 390 valence electrons. The van der Waals surface area contributed by atoms with Gasteiger partial charge in [-0.05, 0) is 44.9 Å². The van der Waals surface area contributed by atoms with Gasteiger partial charge >= 0.3 is 11.9 Å². The van der Waals surface area contributed by atoms with Crippen LogP contribution in [0.4, 0.5) is 0 Å². The van der Waals surface area contributed by atoms with Crippen LogP contribution in [0, 0.1) is 0 Å². The van der Waals surface area contributed by atoms with Crippen LogP contribution < -0.4 is 0 Å². The largest absolute Gasteiger partial charge is 0.462 e. The number of rotatable bonds is 56. The highest BCUT2D eigenvalue weighted by atomic mass is 16.6. The fourth-order valence-corrected chi connectivity index (χ4v) is 9.24. The van der Waals surface area contributed by atoms with Crippen LogP contribution >= 0.6 is 0 Å². The second kappa shape index (κ2) is 57.7. The van der Waals surface area contributed by atoms with Gasteiger partial charge in [0.05, 0.1) is 6.61 Å². The summed E-state index contributed by atoms with van der Waals surface area (Å²) in [5, 5.41) is 9.66. The molecule has 0 radical (unpaired) electrons. The van der Waals surface area contributed by atoms with Crippen molar-refractivity contribution in [3.8, 4) is 0 Å². The number of carbonyl (C=O) groups is 2. The topological polar surface area (TPSA) is 72.8 Å². The van der Waals surface area contributed by atoms with Gasteiger partial charge in [-0.3, -0.25) is 9.59 Å². The summed E-state index contributed by atoms with van der Waals surface area (Å²) in [6.45, 7) is 4.19. The summed E-state index contributed by atoms with van der Waals surface area (Å²) in [7, 11) is 0. The van der Waals surface area contributed by atoms with Crippen LogP contribution in [-0.4, -0.2) is 36.4 Å². The molecular weight excluding hydrogens is 813 g/mol. The van der Waals surface area contributed by atoms with Gasteiger partial charge in [0.1, 0.15) is 6.61 Å². The van der Waals surface area contributed by atoms with E-state index in [9.17, 15) is 14.7 Å². The highest BCUT2D eigenvalue weighted by Gasteiger charge is 2.16. The lowest BCUT2D eigenvalue weighted by Crippen LogP contribution is -2.28. The minimum Gasteiger partial charge on any atom is -0.462 e. The number of esters is 2. The monoisotopic (exact) mass is 929 g/mol. The number of carbonyl (C=O) groups excluding carboxylic acids is 2. The molecule has 0 aliphatic heterocycles. The first-order valence-electron chi connectivity index (χ1n) is 29.9. The molecule has 0 heterocycles.